The van der Waals surface area contributed by atoms with Crippen LogP contribution in [0.1, 0.15) is 77.7 Å². The molecular weight excluding hydrogens is 530 g/mol. The SMILES string of the molecule is COc1cc(/C=C2\C[C@H]3[C@@H]4CC[C@H]5C[C@@H](N6CCOCC6)CC[C@]5(C)[C@H]4CC[C@]3(C)[C@H]2OC(C)=O)cc(OC)c1OC. The molecule has 1 heterocycles. The number of fused-ring (bicyclic) bond motifs is 5. The first-order valence-corrected chi connectivity index (χ1v) is 16.2. The molecule has 6 rings (SSSR count). The summed E-state index contributed by atoms with van der Waals surface area (Å²) in [6.45, 7) is 10.6. The fourth-order valence-electron chi connectivity index (χ4n) is 10.3. The molecule has 0 amide bonds. The maximum Gasteiger partial charge on any atom is 0.303 e. The van der Waals surface area contributed by atoms with Crippen LogP contribution in [0.4, 0.5) is 0 Å². The van der Waals surface area contributed by atoms with E-state index >= 15 is 0 Å². The molecule has 0 spiro atoms. The molecule has 0 N–H and O–H groups in total. The number of rotatable bonds is 6. The Morgan fingerprint density at radius 2 is 1.62 bits per heavy atom. The van der Waals surface area contributed by atoms with Crippen molar-refractivity contribution in [3.8, 4) is 17.2 Å². The van der Waals surface area contributed by atoms with E-state index in [1.807, 2.05) is 12.1 Å². The zero-order chi connectivity index (χ0) is 29.6. The van der Waals surface area contributed by atoms with Gasteiger partial charge in [-0.3, -0.25) is 9.69 Å². The van der Waals surface area contributed by atoms with E-state index < -0.39 is 0 Å². The second-order valence-corrected chi connectivity index (χ2v) is 14.1. The van der Waals surface area contributed by atoms with E-state index in [0.29, 0.717) is 34.5 Å². The highest BCUT2D eigenvalue weighted by atomic mass is 16.5. The summed E-state index contributed by atoms with van der Waals surface area (Å²) in [5.41, 5.74) is 2.56. The highest BCUT2D eigenvalue weighted by molar-refractivity contribution is 5.68. The lowest BCUT2D eigenvalue weighted by molar-refractivity contribution is -0.160. The number of esters is 1. The van der Waals surface area contributed by atoms with Crippen molar-refractivity contribution in [2.75, 3.05) is 47.6 Å². The first-order valence-electron chi connectivity index (χ1n) is 16.2. The summed E-state index contributed by atoms with van der Waals surface area (Å²) in [5, 5.41) is 0. The number of hydrogen-bond acceptors (Lipinski definition) is 7. The third-order valence-electron chi connectivity index (χ3n) is 12.4. The van der Waals surface area contributed by atoms with E-state index in [1.54, 1.807) is 28.3 Å². The summed E-state index contributed by atoms with van der Waals surface area (Å²) in [6.07, 6.45) is 12.0. The van der Waals surface area contributed by atoms with E-state index in [9.17, 15) is 4.79 Å². The summed E-state index contributed by atoms with van der Waals surface area (Å²) in [4.78, 5) is 15.2. The standard InChI is InChI=1S/C35H51NO6/c1-22(37)42-33-24(17-23-18-30(38-4)32(40-6)31(19-23)39-5)20-29-27-8-7-25-21-26(36-13-15-41-16-14-36)9-11-34(25,2)28(27)10-12-35(29,33)3/h17-19,25-29,33H,7-16,20-21H2,1-6H3/b24-17+/t25-,26-,27+,28-,29-,33-,34-,35-/m0/s1. The molecule has 1 aromatic carbocycles. The van der Waals surface area contributed by atoms with Gasteiger partial charge in [-0.05, 0) is 104 Å². The van der Waals surface area contributed by atoms with Crippen molar-refractivity contribution in [3.05, 3.63) is 23.3 Å². The van der Waals surface area contributed by atoms with Crippen LogP contribution < -0.4 is 14.2 Å². The van der Waals surface area contributed by atoms with Crippen LogP contribution in [0.15, 0.2) is 17.7 Å². The fourth-order valence-corrected chi connectivity index (χ4v) is 10.3. The fraction of sp³-hybridized carbons (Fsp3) is 0.743. The van der Waals surface area contributed by atoms with Crippen molar-refractivity contribution >= 4 is 12.0 Å². The van der Waals surface area contributed by atoms with Gasteiger partial charge in [-0.1, -0.05) is 19.9 Å². The van der Waals surface area contributed by atoms with Crippen molar-refractivity contribution in [3.63, 3.8) is 0 Å². The van der Waals surface area contributed by atoms with Gasteiger partial charge < -0.3 is 23.7 Å². The van der Waals surface area contributed by atoms with E-state index in [0.717, 1.165) is 62.6 Å². The third kappa shape index (κ3) is 5.02. The van der Waals surface area contributed by atoms with Crippen LogP contribution in [0.5, 0.6) is 17.2 Å². The van der Waals surface area contributed by atoms with Gasteiger partial charge in [0.1, 0.15) is 6.10 Å². The van der Waals surface area contributed by atoms with Gasteiger partial charge in [0.15, 0.2) is 11.5 Å². The second-order valence-electron chi connectivity index (χ2n) is 14.1. The second kappa shape index (κ2) is 11.7. The predicted octanol–water partition coefficient (Wildman–Crippen LogP) is 6.38. The van der Waals surface area contributed by atoms with Gasteiger partial charge >= 0.3 is 5.97 Å². The molecule has 232 valence electrons. The molecule has 0 radical (unpaired) electrons. The molecule has 1 aliphatic heterocycles. The Hall–Kier alpha value is -2.25. The Morgan fingerprint density at radius 3 is 2.26 bits per heavy atom. The van der Waals surface area contributed by atoms with E-state index in [1.165, 1.54) is 44.1 Å². The number of ether oxygens (including phenoxy) is 5. The predicted molar refractivity (Wildman–Crippen MR) is 163 cm³/mol. The Morgan fingerprint density at radius 1 is 0.929 bits per heavy atom. The molecule has 5 fully saturated rings. The Labute approximate surface area is 252 Å². The molecule has 0 unspecified atom stereocenters. The lowest BCUT2D eigenvalue weighted by Gasteiger charge is -2.61. The van der Waals surface area contributed by atoms with Gasteiger partial charge in [-0.25, -0.2) is 0 Å². The van der Waals surface area contributed by atoms with Crippen LogP contribution in [0, 0.1) is 34.5 Å². The summed E-state index contributed by atoms with van der Waals surface area (Å²) in [5.74, 6) is 4.40. The molecule has 1 aromatic rings. The summed E-state index contributed by atoms with van der Waals surface area (Å²) < 4.78 is 28.7. The average molecular weight is 582 g/mol. The molecule has 42 heavy (non-hydrogen) atoms. The number of hydrogen-bond donors (Lipinski definition) is 0. The quantitative estimate of drug-likeness (QED) is 0.361. The molecule has 7 nitrogen and oxygen atoms in total. The van der Waals surface area contributed by atoms with Gasteiger partial charge in [0.25, 0.3) is 0 Å². The maximum absolute atomic E-state index is 12.5. The number of carbonyl (C=O) groups is 1. The van der Waals surface area contributed by atoms with Crippen molar-refractivity contribution in [2.24, 2.45) is 34.5 Å². The van der Waals surface area contributed by atoms with Crippen molar-refractivity contribution in [1.82, 2.24) is 4.90 Å². The summed E-state index contributed by atoms with van der Waals surface area (Å²) in [6, 6.07) is 4.71. The highest BCUT2D eigenvalue weighted by Crippen LogP contribution is 2.67. The van der Waals surface area contributed by atoms with Crippen molar-refractivity contribution in [2.45, 2.75) is 84.3 Å². The van der Waals surface area contributed by atoms with Crippen LogP contribution in [0.25, 0.3) is 6.08 Å². The van der Waals surface area contributed by atoms with Gasteiger partial charge in [0, 0.05) is 31.5 Å². The van der Waals surface area contributed by atoms with Crippen molar-refractivity contribution < 1.29 is 28.5 Å². The topological polar surface area (TPSA) is 66.5 Å². The normalized spacial score (nSPS) is 39.1. The van der Waals surface area contributed by atoms with Crippen LogP contribution >= 0.6 is 0 Å². The molecule has 5 aliphatic rings. The van der Waals surface area contributed by atoms with Gasteiger partial charge in [-0.2, -0.15) is 0 Å². The first kappa shape index (κ1) is 29.8. The molecule has 4 aliphatic carbocycles. The van der Waals surface area contributed by atoms with Gasteiger partial charge in [0.05, 0.1) is 34.5 Å². The van der Waals surface area contributed by atoms with Crippen molar-refractivity contribution in [1.29, 1.82) is 0 Å². The molecular formula is C35H51NO6. The Kier molecular flexibility index (Phi) is 8.29. The van der Waals surface area contributed by atoms with Crippen LogP contribution in [0.2, 0.25) is 0 Å². The van der Waals surface area contributed by atoms with E-state index in [4.69, 9.17) is 23.7 Å². The lowest BCUT2D eigenvalue weighted by Crippen LogP contribution is -2.56. The summed E-state index contributed by atoms with van der Waals surface area (Å²) in [7, 11) is 4.91. The molecule has 1 saturated heterocycles. The van der Waals surface area contributed by atoms with Crippen LogP contribution in [-0.2, 0) is 14.3 Å². The highest BCUT2D eigenvalue weighted by Gasteiger charge is 2.62. The number of methoxy groups -OCH3 is 3. The Bertz CT molecular complexity index is 1170. The number of nitrogens with zero attached hydrogens (tertiary/aromatic N) is 1. The van der Waals surface area contributed by atoms with Gasteiger partial charge in [-0.15, -0.1) is 0 Å². The molecule has 8 atom stereocenters. The van der Waals surface area contributed by atoms with Gasteiger partial charge in [0.2, 0.25) is 5.75 Å². The summed E-state index contributed by atoms with van der Waals surface area (Å²) >= 11 is 0. The van der Waals surface area contributed by atoms with Crippen LogP contribution in [-0.4, -0.2) is 70.6 Å². The average Bonchev–Trinajstić information content (AvgIpc) is 3.26. The first-order chi connectivity index (χ1) is 20.2. The zero-order valence-corrected chi connectivity index (χ0v) is 26.6. The third-order valence-corrected chi connectivity index (χ3v) is 12.4. The molecule has 4 saturated carbocycles. The molecule has 0 aromatic heterocycles. The Balaban J connectivity index is 1.28. The number of benzene rings is 1. The number of morpholine rings is 1. The lowest BCUT2D eigenvalue weighted by atomic mass is 9.45. The van der Waals surface area contributed by atoms with Crippen LogP contribution in [0.3, 0.4) is 0 Å². The maximum atomic E-state index is 12.5. The molecule has 7 heteroatoms. The van der Waals surface area contributed by atoms with E-state index in [2.05, 4.69) is 24.8 Å². The molecule has 0 bridgehead atoms. The largest absolute Gasteiger partial charge is 0.493 e. The minimum atomic E-state index is -0.206. The van der Waals surface area contributed by atoms with E-state index in [-0.39, 0.29) is 17.5 Å². The minimum absolute atomic E-state index is 0.0481. The smallest absolute Gasteiger partial charge is 0.303 e. The monoisotopic (exact) mass is 581 g/mol. The number of carbonyl (C=O) groups excluding carboxylic acids is 1. The zero-order valence-electron chi connectivity index (χ0n) is 26.6. The minimum Gasteiger partial charge on any atom is -0.493 e.